The van der Waals surface area contributed by atoms with Crippen LogP contribution < -0.4 is 5.32 Å². The van der Waals surface area contributed by atoms with E-state index in [-0.39, 0.29) is 5.78 Å². The van der Waals surface area contributed by atoms with Crippen molar-refractivity contribution in [2.45, 2.75) is 13.8 Å². The van der Waals surface area contributed by atoms with E-state index < -0.39 is 0 Å². The maximum absolute atomic E-state index is 11.0. The predicted molar refractivity (Wildman–Crippen MR) is 59.8 cm³/mol. The molecule has 2 nitrogen and oxygen atoms in total. The summed E-state index contributed by atoms with van der Waals surface area (Å²) in [7, 11) is 0. The largest absolute Gasteiger partial charge is 0.382 e. The third kappa shape index (κ3) is 3.05. The van der Waals surface area contributed by atoms with Gasteiger partial charge in [-0.3, -0.25) is 4.79 Å². The lowest BCUT2D eigenvalue weighted by molar-refractivity contribution is 0.101. The quantitative estimate of drug-likeness (QED) is 0.583. The molecule has 0 bridgehead atoms. The zero-order chi connectivity index (χ0) is 10.4. The van der Waals surface area contributed by atoms with Gasteiger partial charge in [0, 0.05) is 17.8 Å². The summed E-state index contributed by atoms with van der Waals surface area (Å²) in [5.41, 5.74) is 1.79. The van der Waals surface area contributed by atoms with E-state index in [9.17, 15) is 4.79 Å². The molecular formula is C12H15NO. The number of allylic oxidation sites excluding steroid dienone is 1. The zero-order valence-electron chi connectivity index (χ0n) is 8.58. The number of nitrogens with one attached hydrogen (secondary N) is 1. The van der Waals surface area contributed by atoms with Crippen molar-refractivity contribution < 1.29 is 4.79 Å². The second kappa shape index (κ2) is 5.22. The Bertz CT molecular complexity index is 325. The normalized spacial score (nSPS) is 10.4. The van der Waals surface area contributed by atoms with Gasteiger partial charge in [-0.05, 0) is 38.1 Å². The Morgan fingerprint density at radius 3 is 2.50 bits per heavy atom. The molecule has 0 heterocycles. The average molecular weight is 189 g/mol. The lowest BCUT2D eigenvalue weighted by Gasteiger charge is -2.03. The average Bonchev–Trinajstić information content (AvgIpc) is 2.19. The minimum Gasteiger partial charge on any atom is -0.382 e. The second-order valence-electron chi connectivity index (χ2n) is 3.08. The van der Waals surface area contributed by atoms with Crippen LogP contribution in [0.3, 0.4) is 0 Å². The van der Waals surface area contributed by atoms with E-state index in [1.165, 1.54) is 0 Å². The number of carbonyl (C=O) groups excluding carboxylic acids is 1. The van der Waals surface area contributed by atoms with E-state index in [1.807, 2.05) is 43.3 Å². The highest BCUT2D eigenvalue weighted by Crippen LogP contribution is 2.09. The highest BCUT2D eigenvalue weighted by atomic mass is 16.1. The molecule has 0 saturated carbocycles. The number of benzene rings is 1. The number of rotatable bonds is 4. The Kier molecular flexibility index (Phi) is 3.92. The van der Waals surface area contributed by atoms with Crippen molar-refractivity contribution in [1.82, 2.24) is 0 Å². The first-order valence-corrected chi connectivity index (χ1v) is 4.70. The highest BCUT2D eigenvalue weighted by molar-refractivity contribution is 5.94. The van der Waals surface area contributed by atoms with Gasteiger partial charge in [0.25, 0.3) is 0 Å². The second-order valence-corrected chi connectivity index (χ2v) is 3.08. The third-order valence-corrected chi connectivity index (χ3v) is 1.95. The minimum atomic E-state index is 0.102. The molecule has 0 fully saturated rings. The molecule has 1 aromatic rings. The Morgan fingerprint density at radius 2 is 2.00 bits per heavy atom. The first-order chi connectivity index (χ1) is 6.74. The van der Waals surface area contributed by atoms with E-state index in [4.69, 9.17) is 0 Å². The SMILES string of the molecule is C/C=C/CNc1ccc(C(C)=O)cc1. The number of hydrogen-bond donors (Lipinski definition) is 1. The van der Waals surface area contributed by atoms with Crippen LogP contribution >= 0.6 is 0 Å². The first kappa shape index (κ1) is 10.5. The van der Waals surface area contributed by atoms with Crippen LogP contribution in [0.1, 0.15) is 24.2 Å². The Morgan fingerprint density at radius 1 is 1.36 bits per heavy atom. The van der Waals surface area contributed by atoms with Crippen LogP contribution in [-0.4, -0.2) is 12.3 Å². The molecule has 1 aromatic carbocycles. The smallest absolute Gasteiger partial charge is 0.159 e. The van der Waals surface area contributed by atoms with Gasteiger partial charge in [-0.15, -0.1) is 0 Å². The standard InChI is InChI=1S/C12H15NO/c1-3-4-9-13-12-7-5-11(6-8-12)10(2)14/h3-8,13H,9H2,1-2H3/b4-3+. The van der Waals surface area contributed by atoms with E-state index in [0.717, 1.165) is 17.8 Å². The first-order valence-electron chi connectivity index (χ1n) is 4.70. The van der Waals surface area contributed by atoms with Crippen LogP contribution in [0.25, 0.3) is 0 Å². The molecule has 74 valence electrons. The molecule has 0 aliphatic carbocycles. The summed E-state index contributed by atoms with van der Waals surface area (Å²) in [4.78, 5) is 11.0. The van der Waals surface area contributed by atoms with E-state index in [0.29, 0.717) is 0 Å². The fraction of sp³-hybridized carbons (Fsp3) is 0.250. The van der Waals surface area contributed by atoms with Crippen molar-refractivity contribution in [2.75, 3.05) is 11.9 Å². The number of ketones is 1. The van der Waals surface area contributed by atoms with E-state index in [2.05, 4.69) is 5.32 Å². The number of carbonyl (C=O) groups is 1. The zero-order valence-corrected chi connectivity index (χ0v) is 8.58. The topological polar surface area (TPSA) is 29.1 Å². The molecule has 0 saturated heterocycles. The van der Waals surface area contributed by atoms with Crippen LogP contribution in [0.5, 0.6) is 0 Å². The Balaban J connectivity index is 2.59. The molecule has 0 atom stereocenters. The van der Waals surface area contributed by atoms with Crippen LogP contribution in [0.4, 0.5) is 5.69 Å². The number of anilines is 1. The molecule has 0 aromatic heterocycles. The van der Waals surface area contributed by atoms with E-state index >= 15 is 0 Å². The predicted octanol–water partition coefficient (Wildman–Crippen LogP) is 2.88. The fourth-order valence-electron chi connectivity index (χ4n) is 1.12. The Labute approximate surface area is 84.6 Å². The monoisotopic (exact) mass is 189 g/mol. The molecule has 14 heavy (non-hydrogen) atoms. The molecule has 0 spiro atoms. The molecule has 0 unspecified atom stereocenters. The highest BCUT2D eigenvalue weighted by Gasteiger charge is 1.97. The third-order valence-electron chi connectivity index (χ3n) is 1.95. The van der Waals surface area contributed by atoms with Gasteiger partial charge in [0.2, 0.25) is 0 Å². The number of Topliss-reactive ketones (excluding diaryl/α,β-unsaturated/α-hetero) is 1. The molecule has 0 amide bonds. The van der Waals surface area contributed by atoms with E-state index in [1.54, 1.807) is 6.92 Å². The van der Waals surface area contributed by atoms with Crippen molar-refractivity contribution in [1.29, 1.82) is 0 Å². The fourth-order valence-corrected chi connectivity index (χ4v) is 1.12. The molecule has 0 radical (unpaired) electrons. The van der Waals surface area contributed by atoms with Gasteiger partial charge in [-0.25, -0.2) is 0 Å². The lowest BCUT2D eigenvalue weighted by Crippen LogP contribution is -1.98. The lowest BCUT2D eigenvalue weighted by atomic mass is 10.1. The summed E-state index contributed by atoms with van der Waals surface area (Å²) < 4.78 is 0. The van der Waals surface area contributed by atoms with Gasteiger partial charge in [-0.1, -0.05) is 12.2 Å². The van der Waals surface area contributed by atoms with Crippen molar-refractivity contribution in [3.63, 3.8) is 0 Å². The van der Waals surface area contributed by atoms with Gasteiger partial charge in [0.05, 0.1) is 0 Å². The summed E-state index contributed by atoms with van der Waals surface area (Å²) in [5, 5.41) is 3.21. The summed E-state index contributed by atoms with van der Waals surface area (Å²) in [6.45, 7) is 4.37. The van der Waals surface area contributed by atoms with Crippen molar-refractivity contribution in [2.24, 2.45) is 0 Å². The maximum atomic E-state index is 11.0. The van der Waals surface area contributed by atoms with Crippen molar-refractivity contribution in [3.05, 3.63) is 42.0 Å². The van der Waals surface area contributed by atoms with Gasteiger partial charge >= 0.3 is 0 Å². The van der Waals surface area contributed by atoms with Gasteiger partial charge in [-0.2, -0.15) is 0 Å². The van der Waals surface area contributed by atoms with Crippen LogP contribution in [0.2, 0.25) is 0 Å². The van der Waals surface area contributed by atoms with Gasteiger partial charge < -0.3 is 5.32 Å². The summed E-state index contributed by atoms with van der Waals surface area (Å²) in [5.74, 6) is 0.102. The Hall–Kier alpha value is -1.57. The van der Waals surface area contributed by atoms with Crippen molar-refractivity contribution >= 4 is 11.5 Å². The summed E-state index contributed by atoms with van der Waals surface area (Å²) >= 11 is 0. The maximum Gasteiger partial charge on any atom is 0.159 e. The molecule has 0 aliphatic rings. The van der Waals surface area contributed by atoms with Crippen LogP contribution in [0, 0.1) is 0 Å². The van der Waals surface area contributed by atoms with Crippen LogP contribution in [-0.2, 0) is 0 Å². The molecule has 0 aliphatic heterocycles. The van der Waals surface area contributed by atoms with Gasteiger partial charge in [0.1, 0.15) is 0 Å². The minimum absolute atomic E-state index is 0.102. The van der Waals surface area contributed by atoms with Crippen molar-refractivity contribution in [3.8, 4) is 0 Å². The molecule has 2 heteroatoms. The number of hydrogen-bond acceptors (Lipinski definition) is 2. The summed E-state index contributed by atoms with van der Waals surface area (Å²) in [6, 6.07) is 7.50. The van der Waals surface area contributed by atoms with Gasteiger partial charge in [0.15, 0.2) is 5.78 Å². The molecule has 1 rings (SSSR count). The summed E-state index contributed by atoms with van der Waals surface area (Å²) in [6.07, 6.45) is 4.04. The molecular weight excluding hydrogens is 174 g/mol. The molecule has 1 N–H and O–H groups in total. The van der Waals surface area contributed by atoms with Crippen LogP contribution in [0.15, 0.2) is 36.4 Å².